The minimum atomic E-state index is -1.00. The molecule has 0 saturated heterocycles. The average Bonchev–Trinajstić information content (AvgIpc) is 2.81. The lowest BCUT2D eigenvalue weighted by molar-refractivity contribution is 0.0696. The van der Waals surface area contributed by atoms with Crippen LogP contribution in [0.4, 0.5) is 4.39 Å². The van der Waals surface area contributed by atoms with Crippen LogP contribution in [-0.4, -0.2) is 18.2 Å². The van der Waals surface area contributed by atoms with E-state index in [0.29, 0.717) is 32.6 Å². The molecule has 0 unspecified atom stereocenters. The zero-order valence-corrected chi connectivity index (χ0v) is 21.2. The van der Waals surface area contributed by atoms with Gasteiger partial charge in [0.25, 0.3) is 0 Å². The molecule has 4 nitrogen and oxygen atoms in total. The van der Waals surface area contributed by atoms with E-state index in [-0.39, 0.29) is 11.4 Å². The topological polar surface area (TPSA) is 55.8 Å². The number of methoxy groups -OCH3 is 1. The Bertz CT molecular complexity index is 1330. The van der Waals surface area contributed by atoms with E-state index in [1.807, 2.05) is 42.5 Å². The van der Waals surface area contributed by atoms with Gasteiger partial charge < -0.3 is 14.6 Å². The van der Waals surface area contributed by atoms with Crippen molar-refractivity contribution in [1.82, 2.24) is 0 Å². The highest BCUT2D eigenvalue weighted by Gasteiger charge is 2.15. The SMILES string of the molecule is COc1ccc(Oc2cccc(-c3c(Br)cc(C(=O)O)cc3Br)c2)c(Cc2ccc(F)cc2)c1. The van der Waals surface area contributed by atoms with E-state index < -0.39 is 5.97 Å². The van der Waals surface area contributed by atoms with Gasteiger partial charge >= 0.3 is 5.97 Å². The van der Waals surface area contributed by atoms with E-state index >= 15 is 0 Å². The molecule has 4 rings (SSSR count). The number of carbonyl (C=O) groups is 1. The smallest absolute Gasteiger partial charge is 0.335 e. The number of rotatable bonds is 7. The van der Waals surface area contributed by atoms with E-state index in [9.17, 15) is 14.3 Å². The molecule has 4 aromatic carbocycles. The van der Waals surface area contributed by atoms with Crippen molar-refractivity contribution >= 4 is 37.8 Å². The molecule has 0 aliphatic heterocycles. The summed E-state index contributed by atoms with van der Waals surface area (Å²) in [5.41, 5.74) is 3.68. The maximum absolute atomic E-state index is 13.3. The van der Waals surface area contributed by atoms with Gasteiger partial charge in [-0.15, -0.1) is 0 Å². The lowest BCUT2D eigenvalue weighted by Crippen LogP contribution is -1.98. The Hall–Kier alpha value is -3.16. The number of aromatic carboxylic acids is 1. The average molecular weight is 586 g/mol. The molecule has 0 aliphatic rings. The van der Waals surface area contributed by atoms with Crippen molar-refractivity contribution in [2.75, 3.05) is 7.11 Å². The van der Waals surface area contributed by atoms with E-state index in [4.69, 9.17) is 9.47 Å². The molecule has 172 valence electrons. The Labute approximate surface area is 213 Å². The summed E-state index contributed by atoms with van der Waals surface area (Å²) in [6.07, 6.45) is 0.542. The van der Waals surface area contributed by atoms with Crippen LogP contribution in [-0.2, 0) is 6.42 Å². The molecule has 34 heavy (non-hydrogen) atoms. The summed E-state index contributed by atoms with van der Waals surface area (Å²) in [5, 5.41) is 9.30. The molecule has 0 aromatic heterocycles. The van der Waals surface area contributed by atoms with Gasteiger partial charge in [-0.3, -0.25) is 0 Å². The summed E-state index contributed by atoms with van der Waals surface area (Å²) < 4.78 is 26.3. The third-order valence-electron chi connectivity index (χ3n) is 5.22. The first-order chi connectivity index (χ1) is 16.3. The summed E-state index contributed by atoms with van der Waals surface area (Å²) in [6.45, 7) is 0. The molecular weight excluding hydrogens is 567 g/mol. The van der Waals surface area contributed by atoms with Crippen molar-refractivity contribution in [1.29, 1.82) is 0 Å². The molecule has 0 saturated carbocycles. The van der Waals surface area contributed by atoms with Crippen molar-refractivity contribution < 1.29 is 23.8 Å². The normalized spacial score (nSPS) is 10.7. The number of carboxylic acids is 1. The summed E-state index contributed by atoms with van der Waals surface area (Å²) in [4.78, 5) is 11.3. The van der Waals surface area contributed by atoms with Crippen molar-refractivity contribution in [2.45, 2.75) is 6.42 Å². The second kappa shape index (κ2) is 10.4. The Balaban J connectivity index is 1.67. The molecule has 0 spiro atoms. The standard InChI is InChI=1S/C27H19Br2FO4/c1-33-21-9-10-25(18(13-21)11-16-5-7-20(30)8-6-16)34-22-4-2-3-17(12-22)26-23(28)14-19(27(31)32)15-24(26)29/h2-10,12-15H,11H2,1H3,(H,31,32). The largest absolute Gasteiger partial charge is 0.497 e. The van der Waals surface area contributed by atoms with E-state index in [0.717, 1.165) is 22.3 Å². The molecule has 0 aliphatic carbocycles. The van der Waals surface area contributed by atoms with Gasteiger partial charge in [-0.05, 0) is 65.7 Å². The predicted molar refractivity (Wildman–Crippen MR) is 137 cm³/mol. The van der Waals surface area contributed by atoms with Crippen molar-refractivity contribution in [3.8, 4) is 28.4 Å². The van der Waals surface area contributed by atoms with Crippen molar-refractivity contribution in [2.24, 2.45) is 0 Å². The highest BCUT2D eigenvalue weighted by Crippen LogP contribution is 2.39. The molecule has 4 aromatic rings. The van der Waals surface area contributed by atoms with Gasteiger partial charge in [0.15, 0.2) is 0 Å². The van der Waals surface area contributed by atoms with Crippen LogP contribution < -0.4 is 9.47 Å². The van der Waals surface area contributed by atoms with Crippen LogP contribution in [0.2, 0.25) is 0 Å². The molecule has 0 radical (unpaired) electrons. The van der Waals surface area contributed by atoms with Gasteiger partial charge in [0.2, 0.25) is 0 Å². The summed E-state index contributed by atoms with van der Waals surface area (Å²) in [7, 11) is 1.60. The molecular formula is C27H19Br2FO4. The highest BCUT2D eigenvalue weighted by atomic mass is 79.9. The molecule has 0 fully saturated rings. The first-order valence-corrected chi connectivity index (χ1v) is 11.8. The van der Waals surface area contributed by atoms with Gasteiger partial charge in [0.05, 0.1) is 12.7 Å². The third-order valence-corrected chi connectivity index (χ3v) is 6.47. The van der Waals surface area contributed by atoms with E-state index in [2.05, 4.69) is 31.9 Å². The van der Waals surface area contributed by atoms with Crippen LogP contribution in [0.3, 0.4) is 0 Å². The molecule has 0 heterocycles. The zero-order chi connectivity index (χ0) is 24.2. The minimum absolute atomic E-state index is 0.179. The minimum Gasteiger partial charge on any atom is -0.497 e. The predicted octanol–water partition coefficient (Wildman–Crippen LogP) is 8.11. The molecule has 0 bridgehead atoms. The van der Waals surface area contributed by atoms with Gasteiger partial charge in [-0.2, -0.15) is 0 Å². The number of hydrogen-bond donors (Lipinski definition) is 1. The van der Waals surface area contributed by atoms with Gasteiger partial charge in [-0.25, -0.2) is 9.18 Å². The Morgan fingerprint density at radius 2 is 1.62 bits per heavy atom. The third kappa shape index (κ3) is 5.48. The Morgan fingerprint density at radius 3 is 2.26 bits per heavy atom. The summed E-state index contributed by atoms with van der Waals surface area (Å²) >= 11 is 6.98. The molecule has 0 atom stereocenters. The van der Waals surface area contributed by atoms with Crippen LogP contribution in [0.1, 0.15) is 21.5 Å². The highest BCUT2D eigenvalue weighted by molar-refractivity contribution is 9.11. The fourth-order valence-corrected chi connectivity index (χ4v) is 5.20. The maximum atomic E-state index is 13.3. The second-order valence-corrected chi connectivity index (χ2v) is 9.24. The quantitative estimate of drug-likeness (QED) is 0.238. The Morgan fingerprint density at radius 1 is 0.912 bits per heavy atom. The fourth-order valence-electron chi connectivity index (χ4n) is 3.56. The number of carboxylic acid groups (broad SMARTS) is 1. The number of ether oxygens (including phenoxy) is 2. The summed E-state index contributed by atoms with van der Waals surface area (Å²) in [6, 6.07) is 22.6. The van der Waals surface area contributed by atoms with Gasteiger partial charge in [0.1, 0.15) is 23.1 Å². The van der Waals surface area contributed by atoms with Crippen LogP contribution in [0.25, 0.3) is 11.1 Å². The van der Waals surface area contributed by atoms with Crippen LogP contribution in [0.5, 0.6) is 17.2 Å². The van der Waals surface area contributed by atoms with Crippen LogP contribution in [0.15, 0.2) is 87.8 Å². The van der Waals surface area contributed by atoms with Crippen molar-refractivity contribution in [3.63, 3.8) is 0 Å². The first kappa shape index (κ1) is 24.0. The van der Waals surface area contributed by atoms with Gasteiger partial charge in [0, 0.05) is 26.5 Å². The fraction of sp³-hybridized carbons (Fsp3) is 0.0741. The number of hydrogen-bond acceptors (Lipinski definition) is 3. The van der Waals surface area contributed by atoms with Gasteiger partial charge in [-0.1, -0.05) is 56.1 Å². The van der Waals surface area contributed by atoms with Crippen molar-refractivity contribution in [3.05, 3.63) is 110 Å². The number of benzene rings is 4. The zero-order valence-electron chi connectivity index (χ0n) is 18.0. The molecule has 1 N–H and O–H groups in total. The number of halogens is 3. The first-order valence-electron chi connectivity index (χ1n) is 10.3. The molecule has 0 amide bonds. The van der Waals surface area contributed by atoms with E-state index in [1.165, 1.54) is 12.1 Å². The second-order valence-electron chi connectivity index (χ2n) is 7.53. The Kier molecular flexibility index (Phi) is 7.34. The van der Waals surface area contributed by atoms with Crippen LogP contribution >= 0.6 is 31.9 Å². The van der Waals surface area contributed by atoms with Crippen LogP contribution in [0, 0.1) is 5.82 Å². The maximum Gasteiger partial charge on any atom is 0.335 e. The monoisotopic (exact) mass is 584 g/mol. The molecule has 7 heteroatoms. The summed E-state index contributed by atoms with van der Waals surface area (Å²) in [5.74, 6) is 0.685. The lowest BCUT2D eigenvalue weighted by atomic mass is 10.0. The lowest BCUT2D eigenvalue weighted by Gasteiger charge is -2.15. The van der Waals surface area contributed by atoms with E-state index in [1.54, 1.807) is 31.4 Å².